The topological polar surface area (TPSA) is 95.9 Å². The van der Waals surface area contributed by atoms with Crippen molar-refractivity contribution >= 4 is 46.3 Å². The first-order valence-corrected chi connectivity index (χ1v) is 8.68. The molecule has 0 unspecified atom stereocenters. The summed E-state index contributed by atoms with van der Waals surface area (Å²) in [6.45, 7) is 0.130. The van der Waals surface area contributed by atoms with Crippen LogP contribution < -0.4 is 10.1 Å². The standard InChI is InChI=1S/C18H13NO5S2/c20-13-3-1-2-12(8-14-16(21)19-18(25)26-14)15(13)24-9-10-4-6-11(7-5-10)17(22)23/h1-8,20H,9H2,(H,22,23)(H,19,21,25)/b14-8-. The summed E-state index contributed by atoms with van der Waals surface area (Å²) in [5.41, 5.74) is 1.46. The van der Waals surface area contributed by atoms with Gasteiger partial charge in [-0.1, -0.05) is 48.2 Å². The van der Waals surface area contributed by atoms with Crippen molar-refractivity contribution in [1.82, 2.24) is 5.32 Å². The fraction of sp³-hybridized carbons (Fsp3) is 0.0556. The lowest BCUT2D eigenvalue weighted by molar-refractivity contribution is -0.115. The monoisotopic (exact) mass is 387 g/mol. The second-order valence-electron chi connectivity index (χ2n) is 5.34. The molecule has 0 aromatic heterocycles. The second kappa shape index (κ2) is 7.59. The largest absolute Gasteiger partial charge is 0.504 e. The average Bonchev–Trinajstić information content (AvgIpc) is 2.92. The van der Waals surface area contributed by atoms with E-state index < -0.39 is 5.97 Å². The molecule has 2 aromatic rings. The number of carboxylic acid groups (broad SMARTS) is 1. The molecule has 1 amide bonds. The predicted molar refractivity (Wildman–Crippen MR) is 102 cm³/mol. The summed E-state index contributed by atoms with van der Waals surface area (Å²) >= 11 is 6.10. The van der Waals surface area contributed by atoms with Crippen LogP contribution >= 0.6 is 24.0 Å². The lowest BCUT2D eigenvalue weighted by Crippen LogP contribution is -2.17. The number of rotatable bonds is 5. The minimum absolute atomic E-state index is 0.0625. The van der Waals surface area contributed by atoms with E-state index in [1.165, 1.54) is 18.2 Å². The Hall–Kier alpha value is -2.84. The normalized spacial score (nSPS) is 15.2. The maximum Gasteiger partial charge on any atom is 0.335 e. The Bertz CT molecular complexity index is 922. The number of hydrogen-bond acceptors (Lipinski definition) is 6. The van der Waals surface area contributed by atoms with Crippen molar-refractivity contribution in [2.45, 2.75) is 6.61 Å². The Labute approximate surface area is 158 Å². The van der Waals surface area contributed by atoms with Gasteiger partial charge in [0.05, 0.1) is 10.5 Å². The SMILES string of the molecule is O=C1NC(=S)S/C1=C\c1cccc(O)c1OCc1ccc(C(=O)O)cc1. The van der Waals surface area contributed by atoms with Crippen LogP contribution in [0.15, 0.2) is 47.4 Å². The van der Waals surface area contributed by atoms with Crippen LogP contribution in [0.25, 0.3) is 6.08 Å². The molecule has 0 atom stereocenters. The summed E-state index contributed by atoms with van der Waals surface area (Å²) in [6, 6.07) is 11.1. The fourth-order valence-electron chi connectivity index (χ4n) is 2.27. The molecule has 0 aliphatic carbocycles. The van der Waals surface area contributed by atoms with Crippen LogP contribution in [0.3, 0.4) is 0 Å². The highest BCUT2D eigenvalue weighted by Crippen LogP contribution is 2.35. The van der Waals surface area contributed by atoms with Crippen molar-refractivity contribution in [3.8, 4) is 11.5 Å². The molecule has 8 heteroatoms. The Morgan fingerprint density at radius 2 is 1.96 bits per heavy atom. The molecule has 1 saturated heterocycles. The van der Waals surface area contributed by atoms with Crippen molar-refractivity contribution in [2.24, 2.45) is 0 Å². The molecule has 1 fully saturated rings. The van der Waals surface area contributed by atoms with E-state index in [0.29, 0.717) is 14.8 Å². The second-order valence-corrected chi connectivity index (χ2v) is 7.06. The number of carbonyl (C=O) groups excluding carboxylic acids is 1. The van der Waals surface area contributed by atoms with E-state index in [-0.39, 0.29) is 29.6 Å². The number of aromatic hydroxyl groups is 1. The maximum atomic E-state index is 11.8. The molecular formula is C18H13NO5S2. The molecule has 1 aliphatic rings. The number of aromatic carboxylic acids is 1. The van der Waals surface area contributed by atoms with E-state index in [9.17, 15) is 14.7 Å². The number of hydrogen-bond donors (Lipinski definition) is 3. The Kier molecular flexibility index (Phi) is 5.24. The van der Waals surface area contributed by atoms with Crippen LogP contribution in [-0.4, -0.2) is 26.4 Å². The number of carboxylic acids is 1. The van der Waals surface area contributed by atoms with Crippen molar-refractivity contribution in [1.29, 1.82) is 0 Å². The molecule has 0 spiro atoms. The number of amides is 1. The number of ether oxygens (including phenoxy) is 1. The molecule has 6 nitrogen and oxygen atoms in total. The van der Waals surface area contributed by atoms with Gasteiger partial charge < -0.3 is 20.3 Å². The summed E-state index contributed by atoms with van der Waals surface area (Å²) in [5, 5.41) is 21.6. The summed E-state index contributed by atoms with van der Waals surface area (Å²) in [4.78, 5) is 23.1. The first-order chi connectivity index (χ1) is 12.4. The van der Waals surface area contributed by atoms with Gasteiger partial charge in [-0.3, -0.25) is 4.79 Å². The molecular weight excluding hydrogens is 374 g/mol. The molecule has 0 bridgehead atoms. The smallest absolute Gasteiger partial charge is 0.335 e. The summed E-state index contributed by atoms with van der Waals surface area (Å²) in [5.74, 6) is -1.13. The molecule has 0 radical (unpaired) electrons. The van der Waals surface area contributed by atoms with Crippen LogP contribution in [0.1, 0.15) is 21.5 Å². The molecule has 132 valence electrons. The fourth-order valence-corrected chi connectivity index (χ4v) is 3.31. The molecule has 1 aliphatic heterocycles. The number of thiocarbonyl (C=S) groups is 1. The highest BCUT2D eigenvalue weighted by atomic mass is 32.2. The first-order valence-electron chi connectivity index (χ1n) is 7.46. The maximum absolute atomic E-state index is 11.8. The molecule has 0 saturated carbocycles. The van der Waals surface area contributed by atoms with Gasteiger partial charge in [0.2, 0.25) is 0 Å². The van der Waals surface area contributed by atoms with Gasteiger partial charge in [-0.25, -0.2) is 4.79 Å². The molecule has 1 heterocycles. The van der Waals surface area contributed by atoms with Crippen LogP contribution in [0.5, 0.6) is 11.5 Å². The van der Waals surface area contributed by atoms with Crippen molar-refractivity contribution in [3.63, 3.8) is 0 Å². The minimum atomic E-state index is -1.00. The van der Waals surface area contributed by atoms with Crippen LogP contribution in [0.2, 0.25) is 0 Å². The minimum Gasteiger partial charge on any atom is -0.504 e. The van der Waals surface area contributed by atoms with Crippen LogP contribution in [-0.2, 0) is 11.4 Å². The Balaban J connectivity index is 1.81. The summed E-state index contributed by atoms with van der Waals surface area (Å²) < 4.78 is 6.09. The van der Waals surface area contributed by atoms with Crippen LogP contribution in [0, 0.1) is 0 Å². The zero-order chi connectivity index (χ0) is 18.7. The molecule has 26 heavy (non-hydrogen) atoms. The number of phenols is 1. The zero-order valence-corrected chi connectivity index (χ0v) is 14.9. The number of benzene rings is 2. The lowest BCUT2D eigenvalue weighted by atomic mass is 10.1. The number of carbonyl (C=O) groups is 2. The van der Waals surface area contributed by atoms with Gasteiger partial charge in [-0.15, -0.1) is 0 Å². The van der Waals surface area contributed by atoms with Gasteiger partial charge in [-0.2, -0.15) is 0 Å². The van der Waals surface area contributed by atoms with E-state index in [1.54, 1.807) is 30.3 Å². The third kappa shape index (κ3) is 4.04. The van der Waals surface area contributed by atoms with Gasteiger partial charge in [0.15, 0.2) is 11.5 Å². The summed E-state index contributed by atoms with van der Waals surface area (Å²) in [7, 11) is 0. The van der Waals surface area contributed by atoms with Gasteiger partial charge in [0.1, 0.15) is 10.9 Å². The quantitative estimate of drug-likeness (QED) is 0.536. The third-order valence-corrected chi connectivity index (χ3v) is 4.70. The Morgan fingerprint density at radius 3 is 2.58 bits per heavy atom. The van der Waals surface area contributed by atoms with E-state index in [2.05, 4.69) is 5.32 Å². The predicted octanol–water partition coefficient (Wildman–Crippen LogP) is 3.16. The van der Waals surface area contributed by atoms with Gasteiger partial charge in [0, 0.05) is 5.56 Å². The molecule has 2 aromatic carbocycles. The van der Waals surface area contributed by atoms with Gasteiger partial charge in [-0.05, 0) is 29.8 Å². The third-order valence-electron chi connectivity index (χ3n) is 3.54. The average molecular weight is 387 g/mol. The number of thioether (sulfide) groups is 1. The van der Waals surface area contributed by atoms with E-state index in [4.69, 9.17) is 22.1 Å². The van der Waals surface area contributed by atoms with Gasteiger partial charge in [0.25, 0.3) is 5.91 Å². The van der Waals surface area contributed by atoms with Crippen LogP contribution in [0.4, 0.5) is 0 Å². The van der Waals surface area contributed by atoms with Crippen molar-refractivity contribution in [3.05, 3.63) is 64.1 Å². The molecule has 3 N–H and O–H groups in total. The number of nitrogens with one attached hydrogen (secondary N) is 1. The summed E-state index contributed by atoms with van der Waals surface area (Å²) in [6.07, 6.45) is 1.60. The Morgan fingerprint density at radius 1 is 1.23 bits per heavy atom. The highest BCUT2D eigenvalue weighted by Gasteiger charge is 2.23. The van der Waals surface area contributed by atoms with Crippen molar-refractivity contribution < 1.29 is 24.5 Å². The van der Waals surface area contributed by atoms with Gasteiger partial charge >= 0.3 is 5.97 Å². The molecule has 3 rings (SSSR count). The van der Waals surface area contributed by atoms with E-state index in [0.717, 1.165) is 17.3 Å². The highest BCUT2D eigenvalue weighted by molar-refractivity contribution is 8.26. The van der Waals surface area contributed by atoms with E-state index >= 15 is 0 Å². The number of phenolic OH excluding ortho intramolecular Hbond substituents is 1. The first kappa shape index (κ1) is 18.0. The van der Waals surface area contributed by atoms with E-state index in [1.807, 2.05) is 0 Å². The zero-order valence-electron chi connectivity index (χ0n) is 13.3. The van der Waals surface area contributed by atoms with Crippen molar-refractivity contribution in [2.75, 3.05) is 0 Å². The number of para-hydroxylation sites is 1. The lowest BCUT2D eigenvalue weighted by Gasteiger charge is -2.11.